The van der Waals surface area contributed by atoms with Gasteiger partial charge in [0.05, 0.1) is 25.8 Å². The van der Waals surface area contributed by atoms with Gasteiger partial charge in [0.1, 0.15) is 11.6 Å². The van der Waals surface area contributed by atoms with Crippen LogP contribution in [0.5, 0.6) is 5.75 Å². The average Bonchev–Trinajstić information content (AvgIpc) is 3.22. The number of Topliss-reactive ketones (excluding diaryl/α,β-unsaturated/α-hetero) is 1. The molecule has 1 aliphatic rings. The smallest absolute Gasteiger partial charge is 0.234 e. The number of nitrogens with zero attached hydrogens (tertiary/aromatic N) is 1. The second-order valence-electron chi connectivity index (χ2n) is 5.28. The summed E-state index contributed by atoms with van der Waals surface area (Å²) in [6.45, 7) is 0.164. The van der Waals surface area contributed by atoms with E-state index in [1.165, 1.54) is 19.2 Å². The lowest BCUT2D eigenvalue weighted by molar-refractivity contribution is -0.121. The van der Waals surface area contributed by atoms with Gasteiger partial charge in [0.2, 0.25) is 5.91 Å². The summed E-state index contributed by atoms with van der Waals surface area (Å²) in [4.78, 5) is 25.4. The lowest BCUT2D eigenvalue weighted by Gasteiger charge is -2.16. The first-order valence-electron chi connectivity index (χ1n) is 6.84. The van der Waals surface area contributed by atoms with Crippen molar-refractivity contribution in [1.82, 2.24) is 10.2 Å². The fourth-order valence-corrected chi connectivity index (χ4v) is 2.03. The third kappa shape index (κ3) is 4.53. The molecule has 0 saturated heterocycles. The molecule has 1 aromatic rings. The Hall–Kier alpha value is -1.95. The minimum Gasteiger partial charge on any atom is -0.496 e. The average molecular weight is 294 g/mol. The zero-order valence-electron chi connectivity index (χ0n) is 12.2. The first kappa shape index (κ1) is 15.4. The van der Waals surface area contributed by atoms with Crippen LogP contribution in [0.25, 0.3) is 0 Å². The highest BCUT2D eigenvalue weighted by molar-refractivity contribution is 6.00. The molecule has 0 aliphatic heterocycles. The number of carbonyl (C=O) groups excluding carboxylic acids is 2. The molecule has 0 atom stereocenters. The Morgan fingerprint density at radius 3 is 2.71 bits per heavy atom. The summed E-state index contributed by atoms with van der Waals surface area (Å²) in [6, 6.07) is 4.11. The number of nitrogens with one attached hydrogen (secondary N) is 1. The fourth-order valence-electron chi connectivity index (χ4n) is 2.03. The minimum absolute atomic E-state index is 0.0257. The van der Waals surface area contributed by atoms with E-state index in [1.807, 2.05) is 0 Å². The Morgan fingerprint density at radius 2 is 2.10 bits per heavy atom. The van der Waals surface area contributed by atoms with Gasteiger partial charge in [0.25, 0.3) is 0 Å². The highest BCUT2D eigenvalue weighted by Crippen LogP contribution is 2.20. The topological polar surface area (TPSA) is 58.6 Å². The predicted octanol–water partition coefficient (Wildman–Crippen LogP) is 1.23. The molecule has 1 N–H and O–H groups in total. The van der Waals surface area contributed by atoms with Crippen molar-refractivity contribution in [2.24, 2.45) is 0 Å². The van der Waals surface area contributed by atoms with Crippen LogP contribution in [-0.2, 0) is 4.79 Å². The Balaban J connectivity index is 1.93. The summed E-state index contributed by atoms with van der Waals surface area (Å²) in [7, 11) is 3.10. The Labute approximate surface area is 123 Å². The predicted molar refractivity (Wildman–Crippen MR) is 75.9 cm³/mol. The number of halogens is 1. The van der Waals surface area contributed by atoms with Crippen LogP contribution in [0.1, 0.15) is 23.2 Å². The molecule has 1 fully saturated rings. The van der Waals surface area contributed by atoms with E-state index in [-0.39, 0.29) is 30.3 Å². The minimum atomic E-state index is -0.492. The quantitative estimate of drug-likeness (QED) is 0.768. The third-order valence-electron chi connectivity index (χ3n) is 3.23. The molecule has 21 heavy (non-hydrogen) atoms. The van der Waals surface area contributed by atoms with E-state index in [4.69, 9.17) is 4.74 Å². The Bertz CT molecular complexity index is 544. The molecule has 5 nitrogen and oxygen atoms in total. The summed E-state index contributed by atoms with van der Waals surface area (Å²) in [5.41, 5.74) is 0.187. The van der Waals surface area contributed by atoms with Crippen LogP contribution >= 0.6 is 0 Å². The molecule has 1 aliphatic carbocycles. The standard InChI is InChI=1S/C15H19FN2O3/c1-18(9-15(20)17-11-4-5-11)8-13(19)12-7-10(16)3-6-14(12)21-2/h3,6-7,11H,4-5,8-9H2,1-2H3,(H,17,20). The van der Waals surface area contributed by atoms with Gasteiger partial charge in [-0.25, -0.2) is 4.39 Å². The maximum absolute atomic E-state index is 13.3. The Kier molecular flexibility index (Phi) is 4.90. The zero-order chi connectivity index (χ0) is 15.4. The molecule has 1 amide bonds. The van der Waals surface area contributed by atoms with E-state index in [0.29, 0.717) is 11.8 Å². The number of benzene rings is 1. The van der Waals surface area contributed by atoms with Gasteiger partial charge < -0.3 is 10.1 Å². The molecule has 0 unspecified atom stereocenters. The molecule has 114 valence electrons. The van der Waals surface area contributed by atoms with Crippen molar-refractivity contribution in [3.05, 3.63) is 29.6 Å². The van der Waals surface area contributed by atoms with E-state index >= 15 is 0 Å². The van der Waals surface area contributed by atoms with Crippen LogP contribution in [0.15, 0.2) is 18.2 Å². The van der Waals surface area contributed by atoms with Crippen molar-refractivity contribution < 1.29 is 18.7 Å². The number of rotatable bonds is 7. The van der Waals surface area contributed by atoms with Gasteiger partial charge in [0, 0.05) is 6.04 Å². The van der Waals surface area contributed by atoms with Crippen molar-refractivity contribution in [1.29, 1.82) is 0 Å². The summed E-state index contributed by atoms with van der Waals surface area (Å²) in [6.07, 6.45) is 2.05. The number of amides is 1. The second kappa shape index (κ2) is 6.67. The van der Waals surface area contributed by atoms with Gasteiger partial charge in [-0.1, -0.05) is 0 Å². The lowest BCUT2D eigenvalue weighted by atomic mass is 10.1. The summed E-state index contributed by atoms with van der Waals surface area (Å²) < 4.78 is 18.3. The first-order valence-corrected chi connectivity index (χ1v) is 6.84. The van der Waals surface area contributed by atoms with E-state index < -0.39 is 5.82 Å². The molecule has 0 aromatic heterocycles. The molecule has 2 rings (SSSR count). The molecule has 0 bridgehead atoms. The van der Waals surface area contributed by atoms with Gasteiger partial charge >= 0.3 is 0 Å². The SMILES string of the molecule is COc1ccc(F)cc1C(=O)CN(C)CC(=O)NC1CC1. The molecule has 0 radical (unpaired) electrons. The van der Waals surface area contributed by atoms with E-state index in [1.54, 1.807) is 11.9 Å². The molecule has 1 aromatic carbocycles. The van der Waals surface area contributed by atoms with Gasteiger partial charge in [0.15, 0.2) is 5.78 Å². The molecule has 0 spiro atoms. The molecular formula is C15H19FN2O3. The van der Waals surface area contributed by atoms with E-state index in [0.717, 1.165) is 18.9 Å². The molecule has 6 heteroatoms. The van der Waals surface area contributed by atoms with Gasteiger partial charge in [-0.05, 0) is 38.1 Å². The highest BCUT2D eigenvalue weighted by atomic mass is 19.1. The van der Waals surface area contributed by atoms with Gasteiger partial charge in [-0.3, -0.25) is 14.5 Å². The van der Waals surface area contributed by atoms with Crippen LogP contribution < -0.4 is 10.1 Å². The molecule has 0 heterocycles. The van der Waals surface area contributed by atoms with Crippen molar-refractivity contribution in [2.75, 3.05) is 27.2 Å². The molecule has 1 saturated carbocycles. The lowest BCUT2D eigenvalue weighted by Crippen LogP contribution is -2.38. The maximum Gasteiger partial charge on any atom is 0.234 e. The zero-order valence-corrected chi connectivity index (χ0v) is 12.2. The van der Waals surface area contributed by atoms with Crippen LogP contribution in [0.2, 0.25) is 0 Å². The maximum atomic E-state index is 13.3. The number of hydrogen-bond donors (Lipinski definition) is 1. The number of ketones is 1. The number of hydrogen-bond acceptors (Lipinski definition) is 4. The first-order chi connectivity index (χ1) is 9.99. The second-order valence-corrected chi connectivity index (χ2v) is 5.28. The van der Waals surface area contributed by atoms with E-state index in [9.17, 15) is 14.0 Å². The number of ether oxygens (including phenoxy) is 1. The van der Waals surface area contributed by atoms with Crippen LogP contribution in [0.3, 0.4) is 0 Å². The van der Waals surface area contributed by atoms with Crippen molar-refractivity contribution in [3.63, 3.8) is 0 Å². The van der Waals surface area contributed by atoms with Crippen LogP contribution in [-0.4, -0.2) is 49.9 Å². The normalized spacial score (nSPS) is 14.1. The largest absolute Gasteiger partial charge is 0.496 e. The highest BCUT2D eigenvalue weighted by Gasteiger charge is 2.24. The third-order valence-corrected chi connectivity index (χ3v) is 3.23. The summed E-state index contributed by atoms with van der Waals surface area (Å²) >= 11 is 0. The summed E-state index contributed by atoms with van der Waals surface area (Å²) in [5.74, 6) is -0.544. The number of methoxy groups -OCH3 is 1. The Morgan fingerprint density at radius 1 is 1.38 bits per heavy atom. The summed E-state index contributed by atoms with van der Waals surface area (Å²) in [5, 5.41) is 2.85. The van der Waals surface area contributed by atoms with Gasteiger partial charge in [-0.15, -0.1) is 0 Å². The fraction of sp³-hybridized carbons (Fsp3) is 0.467. The van der Waals surface area contributed by atoms with Crippen molar-refractivity contribution >= 4 is 11.7 Å². The number of carbonyl (C=O) groups is 2. The van der Waals surface area contributed by atoms with Crippen molar-refractivity contribution in [3.8, 4) is 5.75 Å². The number of likely N-dealkylation sites (N-methyl/N-ethyl adjacent to an activating group) is 1. The van der Waals surface area contributed by atoms with Gasteiger partial charge in [-0.2, -0.15) is 0 Å². The monoisotopic (exact) mass is 294 g/mol. The molecular weight excluding hydrogens is 275 g/mol. The van der Waals surface area contributed by atoms with E-state index in [2.05, 4.69) is 5.32 Å². The van der Waals surface area contributed by atoms with Crippen molar-refractivity contribution in [2.45, 2.75) is 18.9 Å². The van der Waals surface area contributed by atoms with Crippen LogP contribution in [0, 0.1) is 5.82 Å². The van der Waals surface area contributed by atoms with Crippen LogP contribution in [0.4, 0.5) is 4.39 Å².